The van der Waals surface area contributed by atoms with Gasteiger partial charge in [0.15, 0.2) is 0 Å². The van der Waals surface area contributed by atoms with Crippen molar-refractivity contribution in [1.29, 1.82) is 0 Å². The molecular formula is C11H14ClN3O2. The number of carbonyl (C=O) groups is 1. The fraction of sp³-hybridized carbons (Fsp3) is 0.455. The lowest BCUT2D eigenvalue weighted by Crippen LogP contribution is -2.44. The molecule has 0 atom stereocenters. The van der Waals surface area contributed by atoms with Crippen molar-refractivity contribution in [3.8, 4) is 0 Å². The minimum atomic E-state index is -1.01. The number of anilines is 1. The van der Waals surface area contributed by atoms with E-state index < -0.39 is 5.97 Å². The van der Waals surface area contributed by atoms with Crippen LogP contribution in [-0.2, 0) is 0 Å². The van der Waals surface area contributed by atoms with Gasteiger partial charge in [0.25, 0.3) is 0 Å². The van der Waals surface area contributed by atoms with Gasteiger partial charge in [-0.2, -0.15) is 0 Å². The van der Waals surface area contributed by atoms with E-state index in [0.29, 0.717) is 10.8 Å². The Morgan fingerprint density at radius 3 is 2.59 bits per heavy atom. The molecular weight excluding hydrogens is 242 g/mol. The number of aromatic carboxylic acids is 1. The lowest BCUT2D eigenvalue weighted by molar-refractivity contribution is 0.0696. The Hall–Kier alpha value is -1.33. The first-order chi connectivity index (χ1) is 8.08. The third-order valence-electron chi connectivity index (χ3n) is 2.87. The zero-order valence-corrected chi connectivity index (χ0v) is 10.3. The molecule has 0 radical (unpaired) electrons. The monoisotopic (exact) mass is 255 g/mol. The van der Waals surface area contributed by atoms with Gasteiger partial charge in [0.1, 0.15) is 5.82 Å². The maximum absolute atomic E-state index is 10.8. The van der Waals surface area contributed by atoms with Gasteiger partial charge in [-0.3, -0.25) is 0 Å². The zero-order valence-electron chi connectivity index (χ0n) is 9.56. The Kier molecular flexibility index (Phi) is 3.49. The van der Waals surface area contributed by atoms with E-state index >= 15 is 0 Å². The summed E-state index contributed by atoms with van der Waals surface area (Å²) < 4.78 is 0. The highest BCUT2D eigenvalue weighted by atomic mass is 35.5. The second kappa shape index (κ2) is 4.89. The molecule has 2 heterocycles. The predicted octanol–water partition coefficient (Wildman–Crippen LogP) is 1.18. The summed E-state index contributed by atoms with van der Waals surface area (Å²) in [6, 6.07) is 1.45. The third-order valence-corrected chi connectivity index (χ3v) is 3.15. The number of carboxylic acid groups (broad SMARTS) is 1. The summed E-state index contributed by atoms with van der Waals surface area (Å²) in [5.74, 6) is -0.339. The van der Waals surface area contributed by atoms with Gasteiger partial charge in [0, 0.05) is 32.4 Å². The summed E-state index contributed by atoms with van der Waals surface area (Å²) in [6.07, 6.45) is 1.35. The van der Waals surface area contributed by atoms with E-state index in [2.05, 4.69) is 21.8 Å². The molecule has 1 aliphatic rings. The molecule has 1 N–H and O–H groups in total. The molecule has 0 saturated carbocycles. The predicted molar refractivity (Wildman–Crippen MR) is 65.9 cm³/mol. The number of piperazine rings is 1. The second-order valence-corrected chi connectivity index (χ2v) is 4.53. The number of halogens is 1. The van der Waals surface area contributed by atoms with E-state index in [1.165, 1.54) is 12.3 Å². The summed E-state index contributed by atoms with van der Waals surface area (Å²) in [4.78, 5) is 19.2. The summed E-state index contributed by atoms with van der Waals surface area (Å²) in [5, 5.41) is 9.22. The molecule has 1 saturated heterocycles. The standard InChI is InChI=1S/C11H14ClN3O2/c1-14-2-4-15(5-3-14)10-9(12)6-8(7-13-10)11(16)17/h6-7H,2-5H2,1H3,(H,16,17). The fourth-order valence-corrected chi connectivity index (χ4v) is 2.08. The highest BCUT2D eigenvalue weighted by Crippen LogP contribution is 2.24. The van der Waals surface area contributed by atoms with Gasteiger partial charge < -0.3 is 14.9 Å². The number of rotatable bonds is 2. The van der Waals surface area contributed by atoms with Crippen molar-refractivity contribution in [3.63, 3.8) is 0 Å². The van der Waals surface area contributed by atoms with Crippen LogP contribution in [0.4, 0.5) is 5.82 Å². The van der Waals surface area contributed by atoms with Gasteiger partial charge in [-0.25, -0.2) is 9.78 Å². The van der Waals surface area contributed by atoms with Crippen LogP contribution < -0.4 is 4.90 Å². The lowest BCUT2D eigenvalue weighted by atomic mass is 10.2. The van der Waals surface area contributed by atoms with E-state index in [1.54, 1.807) is 0 Å². The average Bonchev–Trinajstić information content (AvgIpc) is 2.30. The number of aromatic nitrogens is 1. The summed E-state index contributed by atoms with van der Waals surface area (Å²) in [6.45, 7) is 3.63. The van der Waals surface area contributed by atoms with E-state index in [4.69, 9.17) is 16.7 Å². The Bertz CT molecular complexity index is 431. The molecule has 0 aliphatic carbocycles. The van der Waals surface area contributed by atoms with Crippen LogP contribution in [0.15, 0.2) is 12.3 Å². The van der Waals surface area contributed by atoms with Crippen LogP contribution in [0.1, 0.15) is 10.4 Å². The molecule has 5 nitrogen and oxygen atoms in total. The summed E-state index contributed by atoms with van der Waals surface area (Å²) >= 11 is 6.06. The number of nitrogens with zero attached hydrogens (tertiary/aromatic N) is 3. The number of likely N-dealkylation sites (N-methyl/N-ethyl adjacent to an activating group) is 1. The molecule has 17 heavy (non-hydrogen) atoms. The van der Waals surface area contributed by atoms with Crippen LogP contribution in [0.5, 0.6) is 0 Å². The molecule has 92 valence electrons. The first kappa shape index (κ1) is 12.1. The van der Waals surface area contributed by atoms with Crippen molar-refractivity contribution in [2.24, 2.45) is 0 Å². The van der Waals surface area contributed by atoms with Crippen molar-refractivity contribution in [2.75, 3.05) is 38.1 Å². The van der Waals surface area contributed by atoms with Crippen molar-refractivity contribution >= 4 is 23.4 Å². The molecule has 1 aromatic rings. The molecule has 1 aromatic heterocycles. The number of pyridine rings is 1. The summed E-state index contributed by atoms with van der Waals surface area (Å²) in [7, 11) is 2.07. The van der Waals surface area contributed by atoms with Gasteiger partial charge in [-0.15, -0.1) is 0 Å². The maximum Gasteiger partial charge on any atom is 0.337 e. The molecule has 0 aromatic carbocycles. The lowest BCUT2D eigenvalue weighted by Gasteiger charge is -2.33. The Balaban J connectivity index is 2.19. The zero-order chi connectivity index (χ0) is 12.4. The third kappa shape index (κ3) is 2.68. The molecule has 0 amide bonds. The maximum atomic E-state index is 10.8. The Morgan fingerprint density at radius 1 is 1.41 bits per heavy atom. The van der Waals surface area contributed by atoms with Crippen LogP contribution in [0.2, 0.25) is 5.02 Å². The molecule has 2 rings (SSSR count). The van der Waals surface area contributed by atoms with Crippen molar-refractivity contribution in [2.45, 2.75) is 0 Å². The largest absolute Gasteiger partial charge is 0.478 e. The van der Waals surface area contributed by atoms with Gasteiger partial charge in [-0.1, -0.05) is 11.6 Å². The van der Waals surface area contributed by atoms with Crippen molar-refractivity contribution < 1.29 is 9.90 Å². The van der Waals surface area contributed by atoms with Gasteiger partial charge >= 0.3 is 5.97 Å². The Labute approximate surface area is 105 Å². The smallest absolute Gasteiger partial charge is 0.337 e. The first-order valence-corrected chi connectivity index (χ1v) is 5.78. The van der Waals surface area contributed by atoms with E-state index in [1.807, 2.05) is 0 Å². The van der Waals surface area contributed by atoms with Gasteiger partial charge in [-0.05, 0) is 13.1 Å². The van der Waals surface area contributed by atoms with Crippen molar-refractivity contribution in [3.05, 3.63) is 22.8 Å². The molecule has 6 heteroatoms. The highest BCUT2D eigenvalue weighted by molar-refractivity contribution is 6.33. The van der Waals surface area contributed by atoms with E-state index in [-0.39, 0.29) is 5.56 Å². The topological polar surface area (TPSA) is 56.7 Å². The van der Waals surface area contributed by atoms with Crippen LogP contribution in [0, 0.1) is 0 Å². The SMILES string of the molecule is CN1CCN(c2ncc(C(=O)O)cc2Cl)CC1. The molecule has 1 fully saturated rings. The van der Waals surface area contributed by atoms with Crippen LogP contribution in [0.25, 0.3) is 0 Å². The number of hydrogen-bond acceptors (Lipinski definition) is 4. The first-order valence-electron chi connectivity index (χ1n) is 5.40. The minimum absolute atomic E-state index is 0.118. The molecule has 1 aliphatic heterocycles. The number of hydrogen-bond donors (Lipinski definition) is 1. The quantitative estimate of drug-likeness (QED) is 0.860. The van der Waals surface area contributed by atoms with E-state index in [0.717, 1.165) is 26.2 Å². The van der Waals surface area contributed by atoms with Crippen LogP contribution in [-0.4, -0.2) is 54.2 Å². The average molecular weight is 256 g/mol. The normalized spacial score (nSPS) is 17.2. The molecule has 0 unspecified atom stereocenters. The second-order valence-electron chi connectivity index (χ2n) is 4.12. The van der Waals surface area contributed by atoms with Crippen LogP contribution in [0.3, 0.4) is 0 Å². The van der Waals surface area contributed by atoms with E-state index in [9.17, 15) is 4.79 Å². The molecule has 0 bridgehead atoms. The Morgan fingerprint density at radius 2 is 2.06 bits per heavy atom. The van der Waals surface area contributed by atoms with Crippen molar-refractivity contribution in [1.82, 2.24) is 9.88 Å². The van der Waals surface area contributed by atoms with Gasteiger partial charge in [0.05, 0.1) is 10.6 Å². The highest BCUT2D eigenvalue weighted by Gasteiger charge is 2.18. The fourth-order valence-electron chi connectivity index (χ4n) is 1.80. The minimum Gasteiger partial charge on any atom is -0.478 e. The summed E-state index contributed by atoms with van der Waals surface area (Å²) in [5.41, 5.74) is 0.118. The van der Waals surface area contributed by atoms with Gasteiger partial charge in [0.2, 0.25) is 0 Å². The molecule has 0 spiro atoms. The number of carboxylic acids is 1. The van der Waals surface area contributed by atoms with Crippen LogP contribution >= 0.6 is 11.6 Å².